The maximum Gasteiger partial charge on any atom is 0.338 e. The van der Waals surface area contributed by atoms with E-state index in [0.29, 0.717) is 19.3 Å². The molecule has 4 saturated heterocycles. The van der Waals surface area contributed by atoms with Crippen LogP contribution in [0.5, 0.6) is 0 Å². The van der Waals surface area contributed by atoms with Crippen LogP contribution in [0.25, 0.3) is 10.8 Å². The quantitative estimate of drug-likeness (QED) is 0.133. The molecule has 4 atom stereocenters. The molecule has 68 heavy (non-hydrogen) atoms. The van der Waals surface area contributed by atoms with Gasteiger partial charge in [-0.05, 0) is 161 Å². The molecule has 2 aromatic rings. The van der Waals surface area contributed by atoms with Crippen LogP contribution in [0.4, 0.5) is 0 Å². The second kappa shape index (κ2) is 18.5. The molecule has 0 aliphatic carbocycles. The Labute approximate surface area is 405 Å². The van der Waals surface area contributed by atoms with Gasteiger partial charge in [0, 0.05) is 78.8 Å². The van der Waals surface area contributed by atoms with Gasteiger partial charge in [0.25, 0.3) is 0 Å². The normalized spacial score (nSPS) is 27.6. The van der Waals surface area contributed by atoms with Crippen molar-refractivity contribution < 1.29 is 52.6 Å². The number of fused-ring (bicyclic) bond motifs is 1. The number of carbonyl (C=O) groups is 4. The molecule has 15 heteroatoms. The van der Waals surface area contributed by atoms with Gasteiger partial charge >= 0.3 is 23.9 Å². The van der Waals surface area contributed by atoms with Crippen molar-refractivity contribution in [1.29, 1.82) is 0 Å². The first-order valence-corrected chi connectivity index (χ1v) is 24.3. The predicted octanol–water partition coefficient (Wildman–Crippen LogP) is 8.96. The van der Waals surface area contributed by atoms with Crippen molar-refractivity contribution >= 4 is 34.6 Å². The SMILES string of the molecule is CON1C(C)(C)CC(COC(=O)c2ccc(C(=O)OCC3CC(C)(C)N(OC)C3(C)C)c3c(C(=O)OCC4CC(C)(C)N(OC)C4(C)C)ccc(C(=O)OCC4CC(C)(C)NC4(C)C)c23)C1(C)C. The van der Waals surface area contributed by atoms with Crippen molar-refractivity contribution in [3.8, 4) is 0 Å². The van der Waals surface area contributed by atoms with Gasteiger partial charge < -0.3 is 38.8 Å². The van der Waals surface area contributed by atoms with Gasteiger partial charge in [0.1, 0.15) is 0 Å². The molecular weight excluding hydrogens is 869 g/mol. The number of benzene rings is 2. The lowest BCUT2D eigenvalue weighted by molar-refractivity contribution is -0.224. The second-order valence-corrected chi connectivity index (χ2v) is 24.6. The molecule has 4 fully saturated rings. The zero-order valence-electron chi connectivity index (χ0n) is 44.6. The minimum atomic E-state index is -0.732. The number of hydrogen-bond acceptors (Lipinski definition) is 15. The fourth-order valence-corrected chi connectivity index (χ4v) is 13.2. The molecule has 6 rings (SSSR count). The molecule has 4 heterocycles. The predicted molar refractivity (Wildman–Crippen MR) is 260 cm³/mol. The maximum atomic E-state index is 14.7. The summed E-state index contributed by atoms with van der Waals surface area (Å²) in [6.45, 7) is 33.4. The monoisotopic (exact) mass is 951 g/mol. The third kappa shape index (κ3) is 9.83. The molecule has 0 aromatic heterocycles. The van der Waals surface area contributed by atoms with E-state index in [1.54, 1.807) is 21.3 Å². The average Bonchev–Trinajstić information content (AvgIpc) is 3.71. The molecule has 15 nitrogen and oxygen atoms in total. The molecule has 0 bridgehead atoms. The van der Waals surface area contributed by atoms with E-state index in [1.807, 2.05) is 42.9 Å². The van der Waals surface area contributed by atoms with E-state index >= 15 is 0 Å². The number of hydrogen-bond donors (Lipinski definition) is 1. The summed E-state index contributed by atoms with van der Waals surface area (Å²) in [6.07, 6.45) is 2.79. The first-order chi connectivity index (χ1) is 31.2. The van der Waals surface area contributed by atoms with Crippen molar-refractivity contribution in [1.82, 2.24) is 20.5 Å². The Bertz CT molecular complexity index is 2200. The molecule has 4 aliphatic heterocycles. The van der Waals surface area contributed by atoms with Crippen LogP contribution in [0, 0.1) is 23.7 Å². The third-order valence-corrected chi connectivity index (χ3v) is 16.1. The van der Waals surface area contributed by atoms with Gasteiger partial charge in [-0.1, -0.05) is 0 Å². The Balaban J connectivity index is 1.45. The molecule has 0 amide bonds. The van der Waals surface area contributed by atoms with Gasteiger partial charge in [0.2, 0.25) is 0 Å². The van der Waals surface area contributed by atoms with Crippen LogP contribution in [-0.4, -0.2) is 131 Å². The van der Waals surface area contributed by atoms with Crippen molar-refractivity contribution in [2.75, 3.05) is 47.8 Å². The standard InChI is InChI=1S/C53H82N4O11/c1-46(2)24-32(50(9,10)54-46)28-65-42(58)36-20-21-38(44(60)67-30-34-26-48(5,6)56(63-18)52(34,13)14)41-39(45(61)68-31-35-27-49(7,8)57(64-19)53(35,15)16)23-22-37(40(36)41)43(59)66-29-33-25-47(3,4)55(62-17)51(33,11)12/h20-23,32-35,54H,24-31H2,1-19H3. The number of nitrogens with one attached hydrogen (secondary N) is 1. The first kappa shape index (κ1) is 53.6. The van der Waals surface area contributed by atoms with Crippen LogP contribution in [0.1, 0.15) is 178 Å². The fraction of sp³-hybridized carbons (Fsp3) is 0.736. The summed E-state index contributed by atoms with van der Waals surface area (Å²) in [5.41, 5.74) is -3.07. The summed E-state index contributed by atoms with van der Waals surface area (Å²) >= 11 is 0. The molecule has 4 unspecified atom stereocenters. The topological polar surface area (TPSA) is 155 Å². The van der Waals surface area contributed by atoms with E-state index in [0.717, 1.165) is 6.42 Å². The van der Waals surface area contributed by atoms with E-state index < -0.39 is 40.5 Å². The van der Waals surface area contributed by atoms with Crippen LogP contribution in [0.3, 0.4) is 0 Å². The first-order valence-electron chi connectivity index (χ1n) is 24.3. The number of rotatable bonds is 15. The van der Waals surface area contributed by atoms with E-state index in [1.165, 1.54) is 24.3 Å². The summed E-state index contributed by atoms with van der Waals surface area (Å²) in [6, 6.07) is 5.90. The molecule has 0 saturated carbocycles. The Kier molecular flexibility index (Phi) is 14.6. The molecule has 0 spiro atoms. The molecule has 0 radical (unpaired) electrons. The molecule has 1 N–H and O–H groups in total. The van der Waals surface area contributed by atoms with E-state index in [2.05, 4.69) is 88.4 Å². The lowest BCUT2D eigenvalue weighted by atomic mass is 9.87. The van der Waals surface area contributed by atoms with E-state index in [9.17, 15) is 19.2 Å². The zero-order valence-corrected chi connectivity index (χ0v) is 44.6. The summed E-state index contributed by atoms with van der Waals surface area (Å²) in [5.74, 6) is -3.31. The lowest BCUT2D eigenvalue weighted by Crippen LogP contribution is -2.49. The fourth-order valence-electron chi connectivity index (χ4n) is 13.2. The van der Waals surface area contributed by atoms with Crippen LogP contribution in [0.2, 0.25) is 0 Å². The van der Waals surface area contributed by atoms with Crippen LogP contribution >= 0.6 is 0 Å². The van der Waals surface area contributed by atoms with Crippen LogP contribution in [-0.2, 0) is 33.5 Å². The second-order valence-electron chi connectivity index (χ2n) is 24.6. The Hall–Kier alpha value is -3.70. The average molecular weight is 951 g/mol. The van der Waals surface area contributed by atoms with Gasteiger partial charge in [-0.2, -0.15) is 15.2 Å². The van der Waals surface area contributed by atoms with Gasteiger partial charge in [-0.3, -0.25) is 0 Å². The van der Waals surface area contributed by atoms with Crippen molar-refractivity contribution in [2.24, 2.45) is 23.7 Å². The number of hydroxylamine groups is 6. The minimum Gasteiger partial charge on any atom is -0.462 e. The van der Waals surface area contributed by atoms with Crippen molar-refractivity contribution in [3.05, 3.63) is 46.5 Å². The van der Waals surface area contributed by atoms with E-state index in [-0.39, 0.29) is 111 Å². The highest BCUT2D eigenvalue weighted by atomic mass is 16.7. The summed E-state index contributed by atoms with van der Waals surface area (Å²) < 4.78 is 24.7. The highest BCUT2D eigenvalue weighted by Crippen LogP contribution is 2.48. The number of carbonyl (C=O) groups excluding carboxylic acids is 4. The van der Waals surface area contributed by atoms with Crippen molar-refractivity contribution in [2.45, 2.75) is 181 Å². The van der Waals surface area contributed by atoms with Gasteiger partial charge in [-0.25, -0.2) is 19.2 Å². The van der Waals surface area contributed by atoms with Crippen molar-refractivity contribution in [3.63, 3.8) is 0 Å². The molecule has 4 aliphatic rings. The Morgan fingerprint density at radius 3 is 0.897 bits per heavy atom. The summed E-state index contributed by atoms with van der Waals surface area (Å²) in [7, 11) is 4.91. The number of esters is 4. The van der Waals surface area contributed by atoms with Crippen LogP contribution in [0.15, 0.2) is 24.3 Å². The molecule has 2 aromatic carbocycles. The summed E-state index contributed by atoms with van der Waals surface area (Å²) in [4.78, 5) is 76.2. The van der Waals surface area contributed by atoms with Crippen LogP contribution < -0.4 is 5.32 Å². The minimum absolute atomic E-state index is 0.00196. The maximum absolute atomic E-state index is 14.7. The zero-order chi connectivity index (χ0) is 51.0. The third-order valence-electron chi connectivity index (χ3n) is 16.1. The molecule has 380 valence electrons. The smallest absolute Gasteiger partial charge is 0.338 e. The Morgan fingerprint density at radius 2 is 0.691 bits per heavy atom. The number of ether oxygens (including phenoxy) is 4. The molecular formula is C53H82N4O11. The van der Waals surface area contributed by atoms with Gasteiger partial charge in [-0.15, -0.1) is 0 Å². The lowest BCUT2D eigenvalue weighted by Gasteiger charge is -2.39. The Morgan fingerprint density at radius 1 is 0.441 bits per heavy atom. The summed E-state index contributed by atoms with van der Waals surface area (Å²) in [5, 5.41) is 9.52. The van der Waals surface area contributed by atoms with E-state index in [4.69, 9.17) is 33.5 Å². The highest BCUT2D eigenvalue weighted by molar-refractivity contribution is 6.22. The largest absolute Gasteiger partial charge is 0.462 e. The van der Waals surface area contributed by atoms with Gasteiger partial charge in [0.05, 0.1) is 70.0 Å². The van der Waals surface area contributed by atoms with Gasteiger partial charge in [0.15, 0.2) is 0 Å². The number of nitrogens with zero attached hydrogens (tertiary/aromatic N) is 3. The highest BCUT2D eigenvalue weighted by Gasteiger charge is 2.55.